The first-order chi connectivity index (χ1) is 8.13. The van der Waals surface area contributed by atoms with Crippen molar-refractivity contribution in [2.24, 2.45) is 5.73 Å². The first-order valence-electron chi connectivity index (χ1n) is 5.17. The highest BCUT2D eigenvalue weighted by Gasteiger charge is 2.05. The van der Waals surface area contributed by atoms with Gasteiger partial charge in [0, 0.05) is 17.9 Å². The van der Waals surface area contributed by atoms with E-state index in [0.29, 0.717) is 17.7 Å². The van der Waals surface area contributed by atoms with Crippen molar-refractivity contribution in [2.75, 3.05) is 12.9 Å². The molecule has 0 aliphatic heterocycles. The number of amides is 1. The monoisotopic (exact) mass is 253 g/mol. The van der Waals surface area contributed by atoms with Crippen molar-refractivity contribution in [1.29, 1.82) is 0 Å². The molecule has 0 heterocycles. The van der Waals surface area contributed by atoms with Gasteiger partial charge in [0.25, 0.3) is 0 Å². The van der Waals surface area contributed by atoms with Crippen LogP contribution >= 0.6 is 11.8 Å². The minimum Gasteiger partial charge on any atom is -0.465 e. The van der Waals surface area contributed by atoms with Gasteiger partial charge in [-0.1, -0.05) is 12.1 Å². The van der Waals surface area contributed by atoms with Gasteiger partial charge in [0.1, 0.15) is 0 Å². The van der Waals surface area contributed by atoms with Gasteiger partial charge in [0.05, 0.1) is 12.7 Å². The summed E-state index contributed by atoms with van der Waals surface area (Å²) in [6, 6.07) is 7.26. The van der Waals surface area contributed by atoms with Gasteiger partial charge in [-0.2, -0.15) is 11.8 Å². The minimum atomic E-state index is -0.339. The molecule has 0 atom stereocenters. The molecule has 0 bridgehead atoms. The average molecular weight is 253 g/mol. The molecule has 0 spiro atoms. The molecule has 92 valence electrons. The van der Waals surface area contributed by atoms with Crippen molar-refractivity contribution in [3.05, 3.63) is 35.4 Å². The second-order valence-corrected chi connectivity index (χ2v) is 4.57. The smallest absolute Gasteiger partial charge is 0.337 e. The van der Waals surface area contributed by atoms with Crippen LogP contribution in [0.3, 0.4) is 0 Å². The van der Waals surface area contributed by atoms with Gasteiger partial charge in [-0.15, -0.1) is 0 Å². The second-order valence-electron chi connectivity index (χ2n) is 3.46. The molecule has 0 aliphatic rings. The number of ether oxygens (including phenoxy) is 1. The molecular formula is C12H15NO3S. The topological polar surface area (TPSA) is 69.4 Å². The zero-order chi connectivity index (χ0) is 12.7. The van der Waals surface area contributed by atoms with E-state index in [2.05, 4.69) is 4.74 Å². The van der Waals surface area contributed by atoms with Crippen molar-refractivity contribution >= 4 is 23.6 Å². The van der Waals surface area contributed by atoms with Crippen LogP contribution in [0.15, 0.2) is 24.3 Å². The molecule has 5 heteroatoms. The van der Waals surface area contributed by atoms with Gasteiger partial charge in [0.15, 0.2) is 0 Å². The molecule has 0 aromatic heterocycles. The van der Waals surface area contributed by atoms with Gasteiger partial charge in [-0.3, -0.25) is 4.79 Å². The van der Waals surface area contributed by atoms with E-state index in [1.165, 1.54) is 7.11 Å². The zero-order valence-corrected chi connectivity index (χ0v) is 10.5. The Balaban J connectivity index is 2.48. The first kappa shape index (κ1) is 13.6. The molecule has 17 heavy (non-hydrogen) atoms. The summed E-state index contributed by atoms with van der Waals surface area (Å²) in [5.74, 6) is 0.811. The lowest BCUT2D eigenvalue weighted by molar-refractivity contribution is -0.117. The van der Waals surface area contributed by atoms with Crippen LogP contribution in [-0.4, -0.2) is 24.7 Å². The van der Waals surface area contributed by atoms with Crippen molar-refractivity contribution in [3.63, 3.8) is 0 Å². The fourth-order valence-electron chi connectivity index (χ4n) is 1.27. The Morgan fingerprint density at radius 1 is 1.41 bits per heavy atom. The Morgan fingerprint density at radius 2 is 2.18 bits per heavy atom. The molecule has 1 rings (SSSR count). The standard InChI is InChI=1S/C12H15NO3S/c1-16-12(15)10-4-2-3-9(7-10)8-17-6-5-11(13)14/h2-4,7H,5-6,8H2,1H3,(H2,13,14). The molecule has 4 nitrogen and oxygen atoms in total. The molecule has 1 aromatic rings. The molecule has 2 N–H and O–H groups in total. The van der Waals surface area contributed by atoms with Gasteiger partial charge in [-0.25, -0.2) is 4.79 Å². The number of rotatable bonds is 6. The predicted octanol–water partition coefficient (Wildman–Crippen LogP) is 1.58. The number of nitrogens with two attached hydrogens (primary N) is 1. The molecular weight excluding hydrogens is 238 g/mol. The van der Waals surface area contributed by atoms with Gasteiger partial charge in [-0.05, 0) is 17.7 Å². The third kappa shape index (κ3) is 4.91. The van der Waals surface area contributed by atoms with E-state index in [1.54, 1.807) is 23.9 Å². The highest BCUT2D eigenvalue weighted by atomic mass is 32.2. The average Bonchev–Trinajstić information content (AvgIpc) is 2.34. The van der Waals surface area contributed by atoms with Crippen LogP contribution in [0.1, 0.15) is 22.3 Å². The quantitative estimate of drug-likeness (QED) is 0.617. The lowest BCUT2D eigenvalue weighted by atomic mass is 10.1. The molecule has 1 aromatic carbocycles. The molecule has 0 radical (unpaired) electrons. The van der Waals surface area contributed by atoms with Crippen LogP contribution < -0.4 is 5.73 Å². The number of carbonyl (C=O) groups is 2. The summed E-state index contributed by atoms with van der Waals surface area (Å²) in [6.07, 6.45) is 0.376. The lowest BCUT2D eigenvalue weighted by Crippen LogP contribution is -2.10. The molecule has 0 saturated carbocycles. The molecule has 0 fully saturated rings. The van der Waals surface area contributed by atoms with E-state index in [1.807, 2.05) is 12.1 Å². The number of benzene rings is 1. The predicted molar refractivity (Wildman–Crippen MR) is 67.8 cm³/mol. The van der Waals surface area contributed by atoms with Crippen LogP contribution in [0.2, 0.25) is 0 Å². The molecule has 1 amide bonds. The van der Waals surface area contributed by atoms with Gasteiger partial charge < -0.3 is 10.5 Å². The highest BCUT2D eigenvalue weighted by Crippen LogP contribution is 2.15. The van der Waals surface area contributed by atoms with Crippen molar-refractivity contribution in [1.82, 2.24) is 0 Å². The van der Waals surface area contributed by atoms with Crippen molar-refractivity contribution in [3.8, 4) is 0 Å². The zero-order valence-electron chi connectivity index (χ0n) is 9.64. The summed E-state index contributed by atoms with van der Waals surface area (Å²) in [5.41, 5.74) is 6.61. The lowest BCUT2D eigenvalue weighted by Gasteiger charge is -2.03. The Labute approximate surface area is 105 Å². The Morgan fingerprint density at radius 3 is 2.82 bits per heavy atom. The summed E-state index contributed by atoms with van der Waals surface area (Å²) in [5, 5.41) is 0. The number of carbonyl (C=O) groups excluding carboxylic acids is 2. The SMILES string of the molecule is COC(=O)c1cccc(CSCCC(N)=O)c1. The van der Waals surface area contributed by atoms with E-state index < -0.39 is 0 Å². The van der Waals surface area contributed by atoms with E-state index in [0.717, 1.165) is 11.3 Å². The summed E-state index contributed by atoms with van der Waals surface area (Å²) in [4.78, 5) is 21.8. The Kier molecular flexibility index (Phi) is 5.56. The maximum atomic E-state index is 11.3. The number of hydrogen-bond donors (Lipinski definition) is 1. The molecule has 0 unspecified atom stereocenters. The van der Waals surface area contributed by atoms with Gasteiger partial charge >= 0.3 is 5.97 Å². The maximum Gasteiger partial charge on any atom is 0.337 e. The Bertz CT molecular complexity index is 406. The third-order valence-corrected chi connectivity index (χ3v) is 3.14. The summed E-state index contributed by atoms with van der Waals surface area (Å²) >= 11 is 1.61. The van der Waals surface area contributed by atoms with E-state index in [4.69, 9.17) is 5.73 Å². The maximum absolute atomic E-state index is 11.3. The van der Waals surface area contributed by atoms with Crippen LogP contribution in [0, 0.1) is 0 Å². The van der Waals surface area contributed by atoms with Crippen LogP contribution in [-0.2, 0) is 15.3 Å². The number of primary amides is 1. The van der Waals surface area contributed by atoms with Crippen molar-refractivity contribution < 1.29 is 14.3 Å². The first-order valence-corrected chi connectivity index (χ1v) is 6.32. The number of methoxy groups -OCH3 is 1. The Hall–Kier alpha value is -1.49. The van der Waals surface area contributed by atoms with E-state index in [9.17, 15) is 9.59 Å². The summed E-state index contributed by atoms with van der Waals surface area (Å²) in [7, 11) is 1.36. The highest BCUT2D eigenvalue weighted by molar-refractivity contribution is 7.98. The van der Waals surface area contributed by atoms with Crippen LogP contribution in [0.5, 0.6) is 0 Å². The van der Waals surface area contributed by atoms with Crippen LogP contribution in [0.4, 0.5) is 0 Å². The minimum absolute atomic E-state index is 0.291. The third-order valence-electron chi connectivity index (χ3n) is 2.11. The number of thioether (sulfide) groups is 1. The number of esters is 1. The fourth-order valence-corrected chi connectivity index (χ4v) is 2.17. The van der Waals surface area contributed by atoms with Crippen LogP contribution in [0.25, 0.3) is 0 Å². The van der Waals surface area contributed by atoms with Gasteiger partial charge in [0.2, 0.25) is 5.91 Å². The largest absolute Gasteiger partial charge is 0.465 e. The van der Waals surface area contributed by atoms with E-state index in [-0.39, 0.29) is 11.9 Å². The number of hydrogen-bond acceptors (Lipinski definition) is 4. The fraction of sp³-hybridized carbons (Fsp3) is 0.333. The summed E-state index contributed by atoms with van der Waals surface area (Å²) < 4.78 is 4.64. The molecule has 0 saturated heterocycles. The second kappa shape index (κ2) is 6.96. The van der Waals surface area contributed by atoms with Crippen molar-refractivity contribution in [2.45, 2.75) is 12.2 Å². The van der Waals surface area contributed by atoms with E-state index >= 15 is 0 Å². The summed E-state index contributed by atoms with van der Waals surface area (Å²) in [6.45, 7) is 0. The normalized spacial score (nSPS) is 9.94. The molecule has 0 aliphatic carbocycles.